The van der Waals surface area contributed by atoms with E-state index < -0.39 is 0 Å². The molecule has 0 aliphatic carbocycles. The van der Waals surface area contributed by atoms with Crippen molar-refractivity contribution in [2.45, 2.75) is 12.8 Å². The Morgan fingerprint density at radius 1 is 1.62 bits per heavy atom. The summed E-state index contributed by atoms with van der Waals surface area (Å²) in [5.41, 5.74) is 6.00. The monoisotopic (exact) mass is 261 g/mol. The van der Waals surface area contributed by atoms with Crippen LogP contribution < -0.4 is 5.73 Å². The van der Waals surface area contributed by atoms with E-state index in [4.69, 9.17) is 17.3 Å². The molecular formula is C9H9BrClNO. The first-order valence-corrected chi connectivity index (χ1v) is 4.93. The lowest BCUT2D eigenvalue weighted by Crippen LogP contribution is -2.19. The summed E-state index contributed by atoms with van der Waals surface area (Å²) in [6.45, 7) is 1.75. The van der Waals surface area contributed by atoms with Gasteiger partial charge in [-0.3, -0.25) is 4.79 Å². The number of nitrogens with two attached hydrogens (primary N) is 1. The fourth-order valence-electron chi connectivity index (χ4n) is 1.000. The highest BCUT2D eigenvalue weighted by atomic mass is 79.9. The zero-order valence-corrected chi connectivity index (χ0v) is 9.39. The van der Waals surface area contributed by atoms with Gasteiger partial charge in [0.15, 0.2) is 0 Å². The zero-order valence-electron chi connectivity index (χ0n) is 7.05. The summed E-state index contributed by atoms with van der Waals surface area (Å²) in [6, 6.07) is 5.29. The fourth-order valence-corrected chi connectivity index (χ4v) is 1.77. The van der Waals surface area contributed by atoms with Crippen LogP contribution in [-0.4, -0.2) is 5.91 Å². The van der Waals surface area contributed by atoms with E-state index in [-0.39, 0.29) is 11.8 Å². The number of benzene rings is 1. The van der Waals surface area contributed by atoms with Crippen LogP contribution in [0.15, 0.2) is 22.7 Å². The molecule has 70 valence electrons. The van der Waals surface area contributed by atoms with Gasteiger partial charge in [-0.15, -0.1) is 0 Å². The summed E-state index contributed by atoms with van der Waals surface area (Å²) < 4.78 is 0.850. The Bertz CT molecular complexity index is 340. The van der Waals surface area contributed by atoms with E-state index >= 15 is 0 Å². The van der Waals surface area contributed by atoms with Gasteiger partial charge in [0.05, 0.1) is 5.92 Å². The molecule has 0 aliphatic rings. The van der Waals surface area contributed by atoms with Crippen LogP contribution in [0.3, 0.4) is 0 Å². The Labute approximate surface area is 90.2 Å². The molecule has 1 atom stereocenters. The molecular weight excluding hydrogens is 253 g/mol. The third-order valence-corrected chi connectivity index (χ3v) is 2.81. The molecule has 1 aromatic rings. The van der Waals surface area contributed by atoms with Gasteiger partial charge in [0.1, 0.15) is 0 Å². The molecule has 13 heavy (non-hydrogen) atoms. The minimum atomic E-state index is -0.358. The normalized spacial score (nSPS) is 12.5. The van der Waals surface area contributed by atoms with Gasteiger partial charge in [0, 0.05) is 9.50 Å². The van der Waals surface area contributed by atoms with Crippen LogP contribution >= 0.6 is 27.5 Å². The fraction of sp³-hybridized carbons (Fsp3) is 0.222. The second kappa shape index (κ2) is 4.11. The van der Waals surface area contributed by atoms with Gasteiger partial charge in [0.25, 0.3) is 0 Å². The molecule has 2 N–H and O–H groups in total. The molecule has 0 fully saturated rings. The molecule has 0 bridgehead atoms. The van der Waals surface area contributed by atoms with Crippen LogP contribution in [0.25, 0.3) is 0 Å². The van der Waals surface area contributed by atoms with Crippen LogP contribution in [0.5, 0.6) is 0 Å². The first-order chi connectivity index (χ1) is 6.02. The Kier molecular flexibility index (Phi) is 3.33. The molecule has 2 nitrogen and oxygen atoms in total. The van der Waals surface area contributed by atoms with Crippen LogP contribution in [-0.2, 0) is 4.79 Å². The molecule has 0 saturated heterocycles. The van der Waals surface area contributed by atoms with E-state index in [0.717, 1.165) is 10.0 Å². The Morgan fingerprint density at radius 2 is 2.23 bits per heavy atom. The maximum absolute atomic E-state index is 10.9. The second-order valence-electron chi connectivity index (χ2n) is 2.79. The smallest absolute Gasteiger partial charge is 0.224 e. The molecule has 0 aliphatic heterocycles. The van der Waals surface area contributed by atoms with Gasteiger partial charge in [-0.05, 0) is 30.7 Å². The van der Waals surface area contributed by atoms with Crippen molar-refractivity contribution in [2.75, 3.05) is 0 Å². The second-order valence-corrected chi connectivity index (χ2v) is 4.08. The minimum Gasteiger partial charge on any atom is -0.369 e. The molecule has 1 rings (SSSR count). The van der Waals surface area contributed by atoms with Crippen molar-refractivity contribution < 1.29 is 4.79 Å². The Hall–Kier alpha value is -0.540. The number of carbonyl (C=O) groups excluding carboxylic acids is 1. The van der Waals surface area contributed by atoms with E-state index in [9.17, 15) is 4.79 Å². The van der Waals surface area contributed by atoms with E-state index in [1.165, 1.54) is 0 Å². The SMILES string of the molecule is CC(C(N)=O)c1cc(Cl)ccc1Br. The molecule has 0 aromatic heterocycles. The number of primary amides is 1. The molecule has 1 aromatic carbocycles. The highest BCUT2D eigenvalue weighted by Crippen LogP contribution is 2.27. The molecule has 0 heterocycles. The number of hydrogen-bond acceptors (Lipinski definition) is 1. The highest BCUT2D eigenvalue weighted by Gasteiger charge is 2.14. The molecule has 0 spiro atoms. The lowest BCUT2D eigenvalue weighted by Gasteiger charge is -2.09. The van der Waals surface area contributed by atoms with E-state index in [0.29, 0.717) is 5.02 Å². The molecule has 4 heteroatoms. The average molecular weight is 263 g/mol. The summed E-state index contributed by atoms with van der Waals surface area (Å²) >= 11 is 9.13. The summed E-state index contributed by atoms with van der Waals surface area (Å²) in [5, 5.41) is 0.603. The van der Waals surface area contributed by atoms with E-state index in [1.807, 2.05) is 0 Å². The average Bonchev–Trinajstić information content (AvgIpc) is 2.08. The van der Waals surface area contributed by atoms with Crippen LogP contribution in [0.4, 0.5) is 0 Å². The summed E-state index contributed by atoms with van der Waals surface area (Å²) in [5.74, 6) is -0.684. The van der Waals surface area contributed by atoms with Gasteiger partial charge in [-0.25, -0.2) is 0 Å². The molecule has 1 unspecified atom stereocenters. The lowest BCUT2D eigenvalue weighted by molar-refractivity contribution is -0.119. The van der Waals surface area contributed by atoms with Crippen LogP contribution in [0, 0.1) is 0 Å². The zero-order chi connectivity index (χ0) is 10.0. The van der Waals surface area contributed by atoms with Crippen molar-refractivity contribution in [1.82, 2.24) is 0 Å². The Morgan fingerprint density at radius 3 is 2.77 bits per heavy atom. The van der Waals surface area contributed by atoms with Crippen molar-refractivity contribution >= 4 is 33.4 Å². The largest absolute Gasteiger partial charge is 0.369 e. The topological polar surface area (TPSA) is 43.1 Å². The first kappa shape index (κ1) is 10.5. The van der Waals surface area contributed by atoms with Crippen molar-refractivity contribution in [2.24, 2.45) is 5.73 Å². The van der Waals surface area contributed by atoms with Crippen molar-refractivity contribution in [1.29, 1.82) is 0 Å². The van der Waals surface area contributed by atoms with Crippen molar-refractivity contribution in [3.63, 3.8) is 0 Å². The van der Waals surface area contributed by atoms with Gasteiger partial charge in [-0.1, -0.05) is 27.5 Å². The third-order valence-electron chi connectivity index (χ3n) is 1.85. The van der Waals surface area contributed by atoms with Gasteiger partial charge >= 0.3 is 0 Å². The van der Waals surface area contributed by atoms with Gasteiger partial charge in [0.2, 0.25) is 5.91 Å². The lowest BCUT2D eigenvalue weighted by atomic mass is 10.0. The van der Waals surface area contributed by atoms with Gasteiger partial charge in [-0.2, -0.15) is 0 Å². The molecule has 1 amide bonds. The predicted octanol–water partition coefficient (Wildman–Crippen LogP) is 2.69. The van der Waals surface area contributed by atoms with E-state index in [1.54, 1.807) is 25.1 Å². The number of carbonyl (C=O) groups is 1. The predicted molar refractivity (Wildman–Crippen MR) is 56.8 cm³/mol. The van der Waals surface area contributed by atoms with Crippen molar-refractivity contribution in [3.8, 4) is 0 Å². The minimum absolute atomic E-state index is 0.326. The first-order valence-electron chi connectivity index (χ1n) is 3.76. The van der Waals surface area contributed by atoms with Crippen LogP contribution in [0.2, 0.25) is 5.02 Å². The molecule has 0 radical (unpaired) electrons. The number of hydrogen-bond donors (Lipinski definition) is 1. The third kappa shape index (κ3) is 2.45. The van der Waals surface area contributed by atoms with Crippen molar-refractivity contribution in [3.05, 3.63) is 33.3 Å². The summed E-state index contributed by atoms with van der Waals surface area (Å²) in [7, 11) is 0. The maximum atomic E-state index is 10.9. The van der Waals surface area contributed by atoms with Crippen LogP contribution in [0.1, 0.15) is 18.4 Å². The number of halogens is 2. The number of rotatable bonds is 2. The standard InChI is InChI=1S/C9H9BrClNO/c1-5(9(12)13)7-4-6(11)2-3-8(7)10/h2-5H,1H3,(H2,12,13). The molecule has 0 saturated carbocycles. The number of amides is 1. The van der Waals surface area contributed by atoms with Gasteiger partial charge < -0.3 is 5.73 Å². The Balaban J connectivity index is 3.12. The summed E-state index contributed by atoms with van der Waals surface area (Å²) in [6.07, 6.45) is 0. The summed E-state index contributed by atoms with van der Waals surface area (Å²) in [4.78, 5) is 10.9. The highest BCUT2D eigenvalue weighted by molar-refractivity contribution is 9.10. The maximum Gasteiger partial charge on any atom is 0.224 e. The quantitative estimate of drug-likeness (QED) is 0.875. The van der Waals surface area contributed by atoms with E-state index in [2.05, 4.69) is 15.9 Å².